The molecule has 0 saturated carbocycles. The molecule has 1 aromatic heterocycles. The molecule has 1 aliphatic heterocycles. The number of hydrogen-bond acceptors (Lipinski definition) is 4. The van der Waals surface area contributed by atoms with Crippen LogP contribution in [0, 0.1) is 0 Å². The number of para-hydroxylation sites is 1. The molecule has 21 heavy (non-hydrogen) atoms. The Labute approximate surface area is 124 Å². The molecular weight excluding hydrogens is 288 g/mol. The Bertz CT molecular complexity index is 689. The van der Waals surface area contributed by atoms with Crippen molar-refractivity contribution in [1.82, 2.24) is 9.78 Å². The smallest absolute Gasteiger partial charge is 0.158 e. The number of sulfone groups is 1. The third-order valence-electron chi connectivity index (χ3n) is 3.50. The second-order valence-electron chi connectivity index (χ2n) is 5.28. The van der Waals surface area contributed by atoms with Crippen molar-refractivity contribution in [2.45, 2.75) is 24.7 Å². The molecule has 6 heteroatoms. The molecule has 0 radical (unpaired) electrons. The van der Waals surface area contributed by atoms with Crippen LogP contribution in [0.25, 0.3) is 5.69 Å². The van der Waals surface area contributed by atoms with Gasteiger partial charge in [-0.05, 0) is 31.0 Å². The van der Waals surface area contributed by atoms with E-state index in [9.17, 15) is 8.42 Å². The van der Waals surface area contributed by atoms with E-state index in [0.29, 0.717) is 12.3 Å². The summed E-state index contributed by atoms with van der Waals surface area (Å²) in [5.74, 6) is 0.0535. The summed E-state index contributed by atoms with van der Waals surface area (Å²) in [6, 6.07) is 11.4. The fourth-order valence-corrected chi connectivity index (χ4v) is 4.06. The van der Waals surface area contributed by atoms with Crippen LogP contribution in [0.5, 0.6) is 0 Å². The molecule has 5 nitrogen and oxygen atoms in total. The second-order valence-corrected chi connectivity index (χ2v) is 7.39. The van der Waals surface area contributed by atoms with Crippen molar-refractivity contribution in [3.8, 4) is 5.69 Å². The van der Waals surface area contributed by atoms with Gasteiger partial charge in [0.05, 0.1) is 29.0 Å². The summed E-state index contributed by atoms with van der Waals surface area (Å²) < 4.78 is 31.4. The van der Waals surface area contributed by atoms with Crippen LogP contribution in [-0.2, 0) is 20.3 Å². The summed E-state index contributed by atoms with van der Waals surface area (Å²) in [4.78, 5) is 0. The molecule has 2 heterocycles. The van der Waals surface area contributed by atoms with E-state index in [1.807, 2.05) is 30.3 Å². The minimum absolute atomic E-state index is 0.0350. The molecule has 0 spiro atoms. The first-order valence-electron chi connectivity index (χ1n) is 7.04. The van der Waals surface area contributed by atoms with Crippen molar-refractivity contribution in [2.24, 2.45) is 0 Å². The Balaban J connectivity index is 1.69. The lowest BCUT2D eigenvalue weighted by Gasteiger charge is -2.09. The maximum atomic E-state index is 12.2. The third-order valence-corrected chi connectivity index (χ3v) is 5.11. The molecule has 1 saturated heterocycles. The Morgan fingerprint density at radius 3 is 2.76 bits per heavy atom. The van der Waals surface area contributed by atoms with Crippen LogP contribution in [0.15, 0.2) is 42.6 Å². The molecule has 0 bridgehead atoms. The van der Waals surface area contributed by atoms with Gasteiger partial charge in [0.25, 0.3) is 0 Å². The first kappa shape index (κ1) is 14.3. The van der Waals surface area contributed by atoms with Crippen LogP contribution in [0.2, 0.25) is 0 Å². The fraction of sp³-hybridized carbons (Fsp3) is 0.400. The standard InChI is InChI=1S/C15H18N2O3S/c18-21(19,12-15-7-4-10-20-15)11-13-8-9-17(16-13)14-5-2-1-3-6-14/h1-3,5-6,8-9,15H,4,7,10-12H2/t15-/m1/s1. The second kappa shape index (κ2) is 5.99. The van der Waals surface area contributed by atoms with Crippen molar-refractivity contribution in [1.29, 1.82) is 0 Å². The predicted octanol–water partition coefficient (Wildman–Crippen LogP) is 1.97. The van der Waals surface area contributed by atoms with Gasteiger partial charge in [-0.3, -0.25) is 0 Å². The summed E-state index contributed by atoms with van der Waals surface area (Å²) in [5.41, 5.74) is 1.48. The summed E-state index contributed by atoms with van der Waals surface area (Å²) in [6.45, 7) is 0.669. The van der Waals surface area contributed by atoms with Gasteiger partial charge in [-0.2, -0.15) is 5.10 Å². The average molecular weight is 306 g/mol. The van der Waals surface area contributed by atoms with Crippen molar-refractivity contribution < 1.29 is 13.2 Å². The van der Waals surface area contributed by atoms with Crippen LogP contribution in [-0.4, -0.2) is 36.7 Å². The van der Waals surface area contributed by atoms with Gasteiger partial charge in [-0.15, -0.1) is 0 Å². The molecule has 0 amide bonds. The van der Waals surface area contributed by atoms with Gasteiger partial charge in [-0.25, -0.2) is 13.1 Å². The molecule has 2 aromatic rings. The normalized spacial score (nSPS) is 19.0. The van der Waals surface area contributed by atoms with Crippen molar-refractivity contribution in [3.63, 3.8) is 0 Å². The molecule has 0 unspecified atom stereocenters. The molecule has 0 aliphatic carbocycles. The highest BCUT2D eigenvalue weighted by atomic mass is 32.2. The molecule has 1 aliphatic rings. The zero-order valence-corrected chi connectivity index (χ0v) is 12.5. The maximum Gasteiger partial charge on any atom is 0.158 e. The summed E-state index contributed by atoms with van der Waals surface area (Å²) in [6.07, 6.45) is 3.42. The Hall–Kier alpha value is -1.66. The minimum atomic E-state index is -3.19. The number of benzene rings is 1. The number of rotatable bonds is 5. The molecule has 0 N–H and O–H groups in total. The van der Waals surface area contributed by atoms with Crippen LogP contribution >= 0.6 is 0 Å². The Morgan fingerprint density at radius 2 is 2.05 bits per heavy atom. The van der Waals surface area contributed by atoms with E-state index in [1.165, 1.54) is 0 Å². The van der Waals surface area contributed by atoms with Crippen molar-refractivity contribution in [2.75, 3.05) is 12.4 Å². The lowest BCUT2D eigenvalue weighted by Crippen LogP contribution is -2.21. The minimum Gasteiger partial charge on any atom is -0.377 e. The SMILES string of the molecule is O=S(=O)(Cc1ccn(-c2ccccc2)n1)C[C@H]1CCCO1. The fourth-order valence-electron chi connectivity index (χ4n) is 2.51. The monoisotopic (exact) mass is 306 g/mol. The first-order chi connectivity index (χ1) is 10.1. The van der Waals surface area contributed by atoms with E-state index in [2.05, 4.69) is 5.10 Å². The lowest BCUT2D eigenvalue weighted by atomic mass is 10.3. The largest absolute Gasteiger partial charge is 0.377 e. The Morgan fingerprint density at radius 1 is 1.24 bits per heavy atom. The average Bonchev–Trinajstić information content (AvgIpc) is 3.10. The van der Waals surface area contributed by atoms with E-state index in [0.717, 1.165) is 18.5 Å². The van der Waals surface area contributed by atoms with E-state index in [4.69, 9.17) is 4.74 Å². The summed E-state index contributed by atoms with van der Waals surface area (Å²) in [7, 11) is -3.19. The maximum absolute atomic E-state index is 12.2. The predicted molar refractivity (Wildman–Crippen MR) is 80.0 cm³/mol. The van der Waals surface area contributed by atoms with Gasteiger partial charge in [0.15, 0.2) is 9.84 Å². The van der Waals surface area contributed by atoms with Gasteiger partial charge < -0.3 is 4.74 Å². The lowest BCUT2D eigenvalue weighted by molar-refractivity contribution is 0.127. The molecule has 1 aromatic carbocycles. The number of aromatic nitrogens is 2. The van der Waals surface area contributed by atoms with E-state index in [1.54, 1.807) is 16.9 Å². The Kier molecular flexibility index (Phi) is 4.07. The summed E-state index contributed by atoms with van der Waals surface area (Å²) >= 11 is 0. The molecule has 1 fully saturated rings. The molecule has 3 rings (SSSR count). The van der Waals surface area contributed by atoms with Crippen LogP contribution in [0.4, 0.5) is 0 Å². The highest BCUT2D eigenvalue weighted by Crippen LogP contribution is 2.16. The van der Waals surface area contributed by atoms with Gasteiger partial charge in [-0.1, -0.05) is 18.2 Å². The van der Waals surface area contributed by atoms with E-state index < -0.39 is 9.84 Å². The zero-order chi connectivity index (χ0) is 14.7. The van der Waals surface area contributed by atoms with Gasteiger partial charge in [0, 0.05) is 12.8 Å². The summed E-state index contributed by atoms with van der Waals surface area (Å²) in [5, 5.41) is 4.34. The quantitative estimate of drug-likeness (QED) is 0.847. The van der Waals surface area contributed by atoms with Crippen molar-refractivity contribution >= 4 is 9.84 Å². The highest BCUT2D eigenvalue weighted by molar-refractivity contribution is 7.90. The molecule has 112 valence electrons. The highest BCUT2D eigenvalue weighted by Gasteiger charge is 2.24. The first-order valence-corrected chi connectivity index (χ1v) is 8.86. The molecular formula is C15H18N2O3S. The number of nitrogens with zero attached hydrogens (tertiary/aromatic N) is 2. The zero-order valence-electron chi connectivity index (χ0n) is 11.7. The van der Waals surface area contributed by atoms with Crippen molar-refractivity contribution in [3.05, 3.63) is 48.3 Å². The van der Waals surface area contributed by atoms with Gasteiger partial charge in [0.2, 0.25) is 0 Å². The van der Waals surface area contributed by atoms with Crippen LogP contribution < -0.4 is 0 Å². The van der Waals surface area contributed by atoms with E-state index >= 15 is 0 Å². The van der Waals surface area contributed by atoms with Crippen LogP contribution in [0.1, 0.15) is 18.5 Å². The van der Waals surface area contributed by atoms with Gasteiger partial charge in [0.1, 0.15) is 0 Å². The molecule has 1 atom stereocenters. The van der Waals surface area contributed by atoms with Gasteiger partial charge >= 0.3 is 0 Å². The third kappa shape index (κ3) is 3.71. The topological polar surface area (TPSA) is 61.2 Å². The number of ether oxygens (including phenoxy) is 1. The number of hydrogen-bond donors (Lipinski definition) is 0. The van der Waals surface area contributed by atoms with Crippen LogP contribution in [0.3, 0.4) is 0 Å². The van der Waals surface area contributed by atoms with E-state index in [-0.39, 0.29) is 17.6 Å².